The van der Waals surface area contributed by atoms with Crippen molar-refractivity contribution in [3.63, 3.8) is 0 Å². The summed E-state index contributed by atoms with van der Waals surface area (Å²) in [6, 6.07) is 8.18. The predicted octanol–water partition coefficient (Wildman–Crippen LogP) is 2.97. The Balaban J connectivity index is 1.79. The molecule has 0 N–H and O–H groups in total. The van der Waals surface area contributed by atoms with Crippen LogP contribution in [0.4, 0.5) is 0 Å². The highest BCUT2D eigenvalue weighted by molar-refractivity contribution is 8.13. The van der Waals surface area contributed by atoms with Crippen LogP contribution in [0.1, 0.15) is 17.5 Å². The minimum absolute atomic E-state index is 0.828. The van der Waals surface area contributed by atoms with Crippen LogP contribution in [0.2, 0.25) is 0 Å². The van der Waals surface area contributed by atoms with Crippen molar-refractivity contribution in [1.82, 2.24) is 14.9 Å². The Kier molecular flexibility index (Phi) is 4.84. The van der Waals surface area contributed by atoms with E-state index in [9.17, 15) is 0 Å². The average Bonchev–Trinajstić information content (AvgIpc) is 2.57. The Labute approximate surface area is 129 Å². The van der Waals surface area contributed by atoms with Gasteiger partial charge in [-0.1, -0.05) is 23.9 Å². The highest BCUT2D eigenvalue weighted by atomic mass is 32.2. The van der Waals surface area contributed by atoms with Crippen LogP contribution in [0.15, 0.2) is 54.0 Å². The molecule has 2 aromatic rings. The highest BCUT2D eigenvalue weighted by Crippen LogP contribution is 2.20. The van der Waals surface area contributed by atoms with Crippen molar-refractivity contribution in [2.24, 2.45) is 4.99 Å². The number of aliphatic imine (C=N–C) groups is 1. The van der Waals surface area contributed by atoms with Gasteiger partial charge in [0.25, 0.3) is 0 Å². The first kappa shape index (κ1) is 14.1. The molecule has 3 rings (SSSR count). The number of pyridine rings is 2. The third-order valence-electron chi connectivity index (χ3n) is 3.24. The molecule has 0 bridgehead atoms. The molecule has 21 heavy (non-hydrogen) atoms. The van der Waals surface area contributed by atoms with E-state index in [1.165, 1.54) is 17.5 Å². The molecule has 0 aliphatic carbocycles. The van der Waals surface area contributed by atoms with Gasteiger partial charge in [0.1, 0.15) is 0 Å². The second-order valence-electron chi connectivity index (χ2n) is 4.94. The molecule has 0 saturated carbocycles. The highest BCUT2D eigenvalue weighted by Gasteiger charge is 2.16. The minimum Gasteiger partial charge on any atom is -0.343 e. The van der Waals surface area contributed by atoms with Crippen molar-refractivity contribution in [2.45, 2.75) is 19.5 Å². The normalized spacial score (nSPS) is 14.6. The van der Waals surface area contributed by atoms with Gasteiger partial charge in [-0.05, 0) is 29.7 Å². The number of amidine groups is 1. The number of thioether (sulfide) groups is 1. The van der Waals surface area contributed by atoms with Crippen molar-refractivity contribution in [2.75, 3.05) is 12.3 Å². The van der Waals surface area contributed by atoms with Gasteiger partial charge in [0.2, 0.25) is 0 Å². The monoisotopic (exact) mass is 298 g/mol. The van der Waals surface area contributed by atoms with Gasteiger partial charge in [-0.3, -0.25) is 15.0 Å². The van der Waals surface area contributed by atoms with Crippen LogP contribution in [-0.4, -0.2) is 32.3 Å². The molecule has 0 radical (unpaired) electrons. The second-order valence-corrected chi connectivity index (χ2v) is 6.01. The maximum atomic E-state index is 4.69. The summed E-state index contributed by atoms with van der Waals surface area (Å²) >= 11 is 1.84. The lowest BCUT2D eigenvalue weighted by molar-refractivity contribution is 0.411. The maximum Gasteiger partial charge on any atom is 0.159 e. The summed E-state index contributed by atoms with van der Waals surface area (Å²) < 4.78 is 0. The Morgan fingerprint density at radius 2 is 1.67 bits per heavy atom. The zero-order chi connectivity index (χ0) is 14.3. The SMILES string of the molecule is c1cncc(CN(Cc2cccnc2)C2=NCCCS2)c1. The summed E-state index contributed by atoms with van der Waals surface area (Å²) in [5, 5.41) is 1.13. The molecule has 0 unspecified atom stereocenters. The molecule has 0 saturated heterocycles. The van der Waals surface area contributed by atoms with E-state index >= 15 is 0 Å². The summed E-state index contributed by atoms with van der Waals surface area (Å²) in [4.78, 5) is 15.4. The molecular weight excluding hydrogens is 280 g/mol. The van der Waals surface area contributed by atoms with E-state index in [2.05, 4.69) is 32.0 Å². The van der Waals surface area contributed by atoms with Crippen LogP contribution in [0.3, 0.4) is 0 Å². The largest absolute Gasteiger partial charge is 0.343 e. The average molecular weight is 298 g/mol. The van der Waals surface area contributed by atoms with Crippen LogP contribution >= 0.6 is 11.8 Å². The Morgan fingerprint density at radius 1 is 1.00 bits per heavy atom. The first-order valence-electron chi connectivity index (χ1n) is 7.12. The molecule has 108 valence electrons. The van der Waals surface area contributed by atoms with E-state index < -0.39 is 0 Å². The number of nitrogens with zero attached hydrogens (tertiary/aromatic N) is 4. The van der Waals surface area contributed by atoms with E-state index in [-0.39, 0.29) is 0 Å². The lowest BCUT2D eigenvalue weighted by Crippen LogP contribution is -2.30. The number of hydrogen-bond acceptors (Lipinski definition) is 5. The molecule has 5 heteroatoms. The number of hydrogen-bond donors (Lipinski definition) is 0. The van der Waals surface area contributed by atoms with Crippen molar-refractivity contribution in [3.8, 4) is 0 Å². The van der Waals surface area contributed by atoms with Crippen molar-refractivity contribution in [3.05, 3.63) is 60.2 Å². The molecule has 0 atom stereocenters. The molecule has 3 heterocycles. The van der Waals surface area contributed by atoms with E-state index in [0.717, 1.165) is 30.6 Å². The zero-order valence-electron chi connectivity index (χ0n) is 11.9. The van der Waals surface area contributed by atoms with Gasteiger partial charge < -0.3 is 4.90 Å². The molecule has 0 fully saturated rings. The smallest absolute Gasteiger partial charge is 0.159 e. The van der Waals surface area contributed by atoms with Crippen LogP contribution in [0, 0.1) is 0 Å². The topological polar surface area (TPSA) is 41.4 Å². The Bertz CT molecular complexity index is 544. The second kappa shape index (κ2) is 7.22. The first-order chi connectivity index (χ1) is 10.4. The summed E-state index contributed by atoms with van der Waals surface area (Å²) in [7, 11) is 0. The van der Waals surface area contributed by atoms with Gasteiger partial charge in [-0.25, -0.2) is 0 Å². The molecule has 0 aromatic carbocycles. The standard InChI is InChI=1S/C16H18N4S/c1-4-14(10-17-6-1)12-20(16-19-8-3-9-21-16)13-15-5-2-7-18-11-15/h1-2,4-7,10-11H,3,8-9,12-13H2. The Morgan fingerprint density at radius 3 is 2.14 bits per heavy atom. The summed E-state index contributed by atoms with van der Waals surface area (Å²) in [6.07, 6.45) is 8.63. The molecular formula is C16H18N4S. The zero-order valence-corrected chi connectivity index (χ0v) is 12.7. The first-order valence-corrected chi connectivity index (χ1v) is 8.10. The fourth-order valence-corrected chi connectivity index (χ4v) is 3.21. The fraction of sp³-hybridized carbons (Fsp3) is 0.312. The third-order valence-corrected chi connectivity index (χ3v) is 4.38. The molecule has 0 spiro atoms. The molecule has 0 amide bonds. The van der Waals surface area contributed by atoms with Gasteiger partial charge in [0, 0.05) is 50.2 Å². The van der Waals surface area contributed by atoms with E-state index in [1.54, 1.807) is 0 Å². The van der Waals surface area contributed by atoms with Gasteiger partial charge in [0.05, 0.1) is 0 Å². The van der Waals surface area contributed by atoms with Crippen LogP contribution in [0.25, 0.3) is 0 Å². The molecule has 4 nitrogen and oxygen atoms in total. The minimum atomic E-state index is 0.828. The van der Waals surface area contributed by atoms with Gasteiger partial charge >= 0.3 is 0 Å². The van der Waals surface area contributed by atoms with Crippen LogP contribution in [-0.2, 0) is 13.1 Å². The molecule has 1 aliphatic rings. The lowest BCUT2D eigenvalue weighted by atomic mass is 10.2. The predicted molar refractivity (Wildman–Crippen MR) is 87.1 cm³/mol. The summed E-state index contributed by atoms with van der Waals surface area (Å²) in [6.45, 7) is 2.59. The fourth-order valence-electron chi connectivity index (χ4n) is 2.25. The van der Waals surface area contributed by atoms with Crippen LogP contribution in [0.5, 0.6) is 0 Å². The van der Waals surface area contributed by atoms with Crippen molar-refractivity contribution >= 4 is 16.9 Å². The summed E-state index contributed by atoms with van der Waals surface area (Å²) in [5.41, 5.74) is 2.41. The molecule has 2 aromatic heterocycles. The third kappa shape index (κ3) is 4.04. The van der Waals surface area contributed by atoms with Crippen molar-refractivity contribution in [1.29, 1.82) is 0 Å². The van der Waals surface area contributed by atoms with Gasteiger partial charge in [-0.2, -0.15) is 0 Å². The van der Waals surface area contributed by atoms with E-state index in [1.807, 2.05) is 48.7 Å². The van der Waals surface area contributed by atoms with Gasteiger partial charge in [-0.15, -0.1) is 0 Å². The Hall–Kier alpha value is -1.88. The van der Waals surface area contributed by atoms with Gasteiger partial charge in [0.15, 0.2) is 5.17 Å². The number of aromatic nitrogens is 2. The van der Waals surface area contributed by atoms with Crippen molar-refractivity contribution < 1.29 is 0 Å². The maximum absolute atomic E-state index is 4.69. The van der Waals surface area contributed by atoms with E-state index in [4.69, 9.17) is 0 Å². The molecule has 1 aliphatic heterocycles. The van der Waals surface area contributed by atoms with Crippen LogP contribution < -0.4 is 0 Å². The number of rotatable bonds is 4. The van der Waals surface area contributed by atoms with E-state index in [0.29, 0.717) is 0 Å². The quantitative estimate of drug-likeness (QED) is 0.870. The lowest BCUT2D eigenvalue weighted by Gasteiger charge is -2.27. The summed E-state index contributed by atoms with van der Waals surface area (Å²) in [5.74, 6) is 1.15.